The molecule has 0 spiro atoms. The molecule has 0 aliphatic heterocycles. The second kappa shape index (κ2) is 9.18. The van der Waals surface area contributed by atoms with Gasteiger partial charge in [-0.15, -0.1) is 0 Å². The first-order valence-corrected chi connectivity index (χ1v) is 10.8. The molecule has 0 saturated heterocycles. The van der Waals surface area contributed by atoms with Crippen molar-refractivity contribution in [2.24, 2.45) is 0 Å². The molecule has 0 saturated carbocycles. The fourth-order valence-corrected chi connectivity index (χ4v) is 3.89. The highest BCUT2D eigenvalue weighted by Crippen LogP contribution is 2.32. The Morgan fingerprint density at radius 1 is 0.970 bits per heavy atom. The van der Waals surface area contributed by atoms with Crippen LogP contribution in [-0.2, 0) is 11.3 Å². The minimum atomic E-state index is 0.423. The number of aromatic nitrogens is 3. The van der Waals surface area contributed by atoms with Crippen molar-refractivity contribution in [3.63, 3.8) is 0 Å². The van der Waals surface area contributed by atoms with Crippen molar-refractivity contribution in [3.05, 3.63) is 84.8 Å². The number of hydrogen-bond donors (Lipinski definition) is 2. The molecule has 3 N–H and O–H groups in total. The maximum atomic E-state index is 6.22. The van der Waals surface area contributed by atoms with Crippen LogP contribution in [-0.4, -0.2) is 34.9 Å². The molecule has 2 heterocycles. The lowest BCUT2D eigenvalue weighted by atomic mass is 10.2. The summed E-state index contributed by atoms with van der Waals surface area (Å²) in [6, 6.07) is 22.6. The Labute approximate surface area is 191 Å². The lowest BCUT2D eigenvalue weighted by Gasteiger charge is -2.13. The number of ether oxygens (including phenoxy) is 2. The molecule has 2 aromatic heterocycles. The predicted molar refractivity (Wildman–Crippen MR) is 132 cm³/mol. The average Bonchev–Trinajstić information content (AvgIpc) is 3.22. The fourth-order valence-electron chi connectivity index (χ4n) is 3.89. The van der Waals surface area contributed by atoms with E-state index in [1.165, 1.54) is 17.4 Å². The second-order valence-electron chi connectivity index (χ2n) is 7.80. The van der Waals surface area contributed by atoms with Crippen LogP contribution in [0.3, 0.4) is 0 Å². The van der Waals surface area contributed by atoms with Crippen LogP contribution in [0.25, 0.3) is 21.8 Å². The van der Waals surface area contributed by atoms with Gasteiger partial charge in [0.2, 0.25) is 0 Å². The van der Waals surface area contributed by atoms with Crippen LogP contribution in [0.2, 0.25) is 0 Å². The molecule has 7 heteroatoms. The Morgan fingerprint density at radius 2 is 1.85 bits per heavy atom. The number of anilines is 3. The van der Waals surface area contributed by atoms with Crippen molar-refractivity contribution in [1.82, 2.24) is 14.5 Å². The Kier molecular flexibility index (Phi) is 5.78. The summed E-state index contributed by atoms with van der Waals surface area (Å²) in [5.41, 5.74) is 10.9. The minimum absolute atomic E-state index is 0.423. The number of nitrogens with zero attached hydrogens (tertiary/aromatic N) is 3. The first-order chi connectivity index (χ1) is 16.2. The summed E-state index contributed by atoms with van der Waals surface area (Å²) < 4.78 is 13.0. The lowest BCUT2D eigenvalue weighted by Crippen LogP contribution is -2.06. The lowest BCUT2D eigenvalue weighted by molar-refractivity contribution is 0.147. The zero-order chi connectivity index (χ0) is 22.6. The van der Waals surface area contributed by atoms with E-state index in [1.54, 1.807) is 7.11 Å². The molecule has 5 rings (SSSR count). The molecule has 0 aliphatic rings. The zero-order valence-corrected chi connectivity index (χ0v) is 18.4. The van der Waals surface area contributed by atoms with Crippen molar-refractivity contribution in [1.29, 1.82) is 0 Å². The van der Waals surface area contributed by atoms with Crippen LogP contribution in [0.5, 0.6) is 5.75 Å². The fraction of sp³-hybridized carbons (Fsp3) is 0.154. The predicted octanol–water partition coefficient (Wildman–Crippen LogP) is 4.98. The molecule has 0 atom stereocenters. The summed E-state index contributed by atoms with van der Waals surface area (Å²) in [6.07, 6.45) is 3.65. The molecule has 33 heavy (non-hydrogen) atoms. The Balaban J connectivity index is 1.41. The third kappa shape index (κ3) is 4.44. The Bertz CT molecular complexity index is 1400. The van der Waals surface area contributed by atoms with Crippen LogP contribution in [0.15, 0.2) is 79.3 Å². The highest BCUT2D eigenvalue weighted by atomic mass is 16.5. The highest BCUT2D eigenvalue weighted by Gasteiger charge is 2.10. The van der Waals surface area contributed by atoms with Gasteiger partial charge < -0.3 is 25.1 Å². The molecule has 0 radical (unpaired) electrons. The molecule has 0 aliphatic carbocycles. The molecule has 7 nitrogen and oxygen atoms in total. The Morgan fingerprint density at radius 3 is 2.70 bits per heavy atom. The smallest absolute Gasteiger partial charge is 0.144 e. The van der Waals surface area contributed by atoms with Gasteiger partial charge in [-0.3, -0.25) is 0 Å². The van der Waals surface area contributed by atoms with Crippen LogP contribution >= 0.6 is 0 Å². The van der Waals surface area contributed by atoms with Crippen molar-refractivity contribution in [2.45, 2.75) is 6.54 Å². The maximum absolute atomic E-state index is 6.22. The number of hydrogen-bond acceptors (Lipinski definition) is 6. The standard InChI is InChI=1S/C26H25N5O2/c1-32-11-12-33-25-15-23-21(14-22(25)27)26(29-17-28-23)30-20-7-8-24-19(13-20)9-10-31(24)16-18-5-3-2-4-6-18/h2-10,13-15,17H,11-12,16,27H2,1H3,(H,28,29,30). The highest BCUT2D eigenvalue weighted by molar-refractivity contribution is 5.95. The van der Waals surface area contributed by atoms with Gasteiger partial charge in [-0.1, -0.05) is 30.3 Å². The summed E-state index contributed by atoms with van der Waals surface area (Å²) in [5.74, 6) is 1.28. The number of methoxy groups -OCH3 is 1. The van der Waals surface area contributed by atoms with Gasteiger partial charge in [0.25, 0.3) is 0 Å². The quantitative estimate of drug-likeness (QED) is 0.262. The number of fused-ring (bicyclic) bond motifs is 2. The summed E-state index contributed by atoms with van der Waals surface area (Å²) >= 11 is 0. The largest absolute Gasteiger partial charge is 0.489 e. The van der Waals surface area contributed by atoms with Crippen molar-refractivity contribution in [2.75, 3.05) is 31.4 Å². The van der Waals surface area contributed by atoms with Gasteiger partial charge in [0.1, 0.15) is 24.5 Å². The van der Waals surface area contributed by atoms with Crippen molar-refractivity contribution >= 4 is 39.0 Å². The van der Waals surface area contributed by atoms with E-state index in [0.717, 1.165) is 28.5 Å². The van der Waals surface area contributed by atoms with Crippen LogP contribution in [0, 0.1) is 0 Å². The molecule has 0 fully saturated rings. The first kappa shape index (κ1) is 20.8. The molecule has 0 bridgehead atoms. The zero-order valence-electron chi connectivity index (χ0n) is 18.4. The van der Waals surface area contributed by atoms with E-state index in [9.17, 15) is 0 Å². The van der Waals surface area contributed by atoms with Gasteiger partial charge in [-0.2, -0.15) is 0 Å². The Hall–Kier alpha value is -4.10. The van der Waals surface area contributed by atoms with Crippen molar-refractivity contribution < 1.29 is 9.47 Å². The molecular weight excluding hydrogens is 414 g/mol. The normalized spacial score (nSPS) is 11.2. The number of nitrogens with one attached hydrogen (secondary N) is 1. The number of nitrogen functional groups attached to an aromatic ring is 1. The minimum Gasteiger partial charge on any atom is -0.489 e. The van der Waals surface area contributed by atoms with Gasteiger partial charge >= 0.3 is 0 Å². The summed E-state index contributed by atoms with van der Waals surface area (Å²) in [6.45, 7) is 1.75. The average molecular weight is 440 g/mol. The van der Waals surface area contributed by atoms with Gasteiger partial charge in [-0.25, -0.2) is 9.97 Å². The van der Waals surface area contributed by atoms with Crippen LogP contribution in [0.1, 0.15) is 5.56 Å². The second-order valence-corrected chi connectivity index (χ2v) is 7.80. The van der Waals surface area contributed by atoms with E-state index in [2.05, 4.69) is 74.6 Å². The van der Waals surface area contributed by atoms with E-state index in [1.807, 2.05) is 18.2 Å². The van der Waals surface area contributed by atoms with E-state index in [0.29, 0.717) is 30.5 Å². The van der Waals surface area contributed by atoms with Crippen LogP contribution in [0.4, 0.5) is 17.2 Å². The number of rotatable bonds is 8. The van der Waals surface area contributed by atoms with E-state index in [-0.39, 0.29) is 0 Å². The monoisotopic (exact) mass is 439 g/mol. The van der Waals surface area contributed by atoms with Crippen LogP contribution < -0.4 is 15.8 Å². The van der Waals surface area contributed by atoms with Gasteiger partial charge in [0.05, 0.1) is 17.8 Å². The van der Waals surface area contributed by atoms with Crippen molar-refractivity contribution in [3.8, 4) is 5.75 Å². The number of benzene rings is 3. The summed E-state index contributed by atoms with van der Waals surface area (Å²) in [5, 5.41) is 5.40. The summed E-state index contributed by atoms with van der Waals surface area (Å²) in [4.78, 5) is 8.83. The molecule has 5 aromatic rings. The van der Waals surface area contributed by atoms with Gasteiger partial charge in [0.15, 0.2) is 0 Å². The summed E-state index contributed by atoms with van der Waals surface area (Å²) in [7, 11) is 1.63. The SMILES string of the molecule is COCCOc1cc2ncnc(Nc3ccc4c(ccn4Cc4ccccc4)c3)c2cc1N. The maximum Gasteiger partial charge on any atom is 0.144 e. The van der Waals surface area contributed by atoms with Gasteiger partial charge in [0, 0.05) is 47.9 Å². The van der Waals surface area contributed by atoms with E-state index >= 15 is 0 Å². The molecule has 166 valence electrons. The third-order valence-electron chi connectivity index (χ3n) is 5.54. The number of nitrogens with two attached hydrogens (primary N) is 1. The van der Waals surface area contributed by atoms with E-state index < -0.39 is 0 Å². The first-order valence-electron chi connectivity index (χ1n) is 10.8. The molecule has 3 aromatic carbocycles. The van der Waals surface area contributed by atoms with E-state index in [4.69, 9.17) is 15.2 Å². The third-order valence-corrected chi connectivity index (χ3v) is 5.54. The van der Waals surface area contributed by atoms with Gasteiger partial charge in [-0.05, 0) is 35.9 Å². The molecule has 0 amide bonds. The molecule has 0 unspecified atom stereocenters. The topological polar surface area (TPSA) is 87.2 Å². The molecular formula is C26H25N5O2.